The van der Waals surface area contributed by atoms with Crippen LogP contribution in [0.1, 0.15) is 21.5 Å². The fourth-order valence-corrected chi connectivity index (χ4v) is 2.33. The van der Waals surface area contributed by atoms with E-state index in [4.69, 9.17) is 15.2 Å². The summed E-state index contributed by atoms with van der Waals surface area (Å²) in [7, 11) is 0. The molecule has 0 spiro atoms. The van der Waals surface area contributed by atoms with Crippen LogP contribution in [0.2, 0.25) is 0 Å². The van der Waals surface area contributed by atoms with Gasteiger partial charge in [-0.15, -0.1) is 12.4 Å². The average Bonchev–Trinajstić information content (AvgIpc) is 2.67. The van der Waals surface area contributed by atoms with Gasteiger partial charge in [-0.25, -0.2) is 4.79 Å². The first-order chi connectivity index (χ1) is 12.2. The van der Waals surface area contributed by atoms with Crippen molar-refractivity contribution in [2.24, 2.45) is 0 Å². The van der Waals surface area contributed by atoms with Crippen LogP contribution in [0.4, 0.5) is 5.69 Å². The first-order valence-corrected chi connectivity index (χ1v) is 7.99. The highest BCUT2D eigenvalue weighted by molar-refractivity contribution is 5.90. The quantitative estimate of drug-likeness (QED) is 0.508. The van der Waals surface area contributed by atoms with Crippen LogP contribution in [-0.2, 0) is 18.0 Å². The fourth-order valence-electron chi connectivity index (χ4n) is 2.33. The van der Waals surface area contributed by atoms with Gasteiger partial charge in [0.25, 0.3) is 0 Å². The van der Waals surface area contributed by atoms with E-state index in [9.17, 15) is 4.79 Å². The predicted molar refractivity (Wildman–Crippen MR) is 104 cm³/mol. The fraction of sp³-hybridized carbons (Fsp3) is 0.0952. The lowest BCUT2D eigenvalue weighted by atomic mass is 10.2. The number of carbonyl (C=O) groups is 1. The summed E-state index contributed by atoms with van der Waals surface area (Å²) in [6.45, 7) is 0.609. The third-order valence-electron chi connectivity index (χ3n) is 3.70. The molecule has 0 unspecified atom stereocenters. The van der Waals surface area contributed by atoms with Crippen LogP contribution in [0, 0.1) is 0 Å². The van der Waals surface area contributed by atoms with E-state index in [1.54, 1.807) is 18.2 Å². The number of benzene rings is 3. The number of carbonyl (C=O) groups excluding carboxylic acids is 1. The number of nitrogen functional groups attached to an aromatic ring is 1. The number of esters is 1. The number of hydrogen-bond donors (Lipinski definition) is 1. The normalized spacial score (nSPS) is 9.85. The Morgan fingerprint density at radius 1 is 0.808 bits per heavy atom. The van der Waals surface area contributed by atoms with Gasteiger partial charge >= 0.3 is 5.97 Å². The molecule has 0 amide bonds. The summed E-state index contributed by atoms with van der Waals surface area (Å²) in [5.74, 6) is 0.0615. The second-order valence-electron chi connectivity index (χ2n) is 5.59. The van der Waals surface area contributed by atoms with Gasteiger partial charge in [-0.3, -0.25) is 0 Å². The molecule has 0 aliphatic rings. The lowest BCUT2D eigenvalue weighted by Crippen LogP contribution is -2.07. The van der Waals surface area contributed by atoms with Crippen molar-refractivity contribution in [2.45, 2.75) is 13.2 Å². The van der Waals surface area contributed by atoms with Gasteiger partial charge in [-0.1, -0.05) is 60.7 Å². The van der Waals surface area contributed by atoms with Crippen LogP contribution in [0.25, 0.3) is 0 Å². The van der Waals surface area contributed by atoms with Gasteiger partial charge in [0.15, 0.2) is 0 Å². The van der Waals surface area contributed by atoms with Gasteiger partial charge < -0.3 is 15.2 Å². The summed E-state index contributed by atoms with van der Waals surface area (Å²) in [6.07, 6.45) is 0. The third-order valence-corrected chi connectivity index (χ3v) is 3.70. The molecule has 0 saturated heterocycles. The largest absolute Gasteiger partial charge is 0.487 e. The molecule has 0 aliphatic heterocycles. The van der Waals surface area contributed by atoms with Crippen molar-refractivity contribution < 1.29 is 14.3 Å². The highest BCUT2D eigenvalue weighted by Gasteiger charge is 2.11. The van der Waals surface area contributed by atoms with Crippen molar-refractivity contribution in [1.82, 2.24) is 0 Å². The van der Waals surface area contributed by atoms with Crippen LogP contribution in [0.15, 0.2) is 78.9 Å². The Kier molecular flexibility index (Phi) is 7.06. The van der Waals surface area contributed by atoms with E-state index in [0.717, 1.165) is 11.1 Å². The van der Waals surface area contributed by atoms with E-state index in [1.165, 1.54) is 0 Å². The Hall–Kier alpha value is -2.98. The van der Waals surface area contributed by atoms with Crippen LogP contribution in [-0.4, -0.2) is 5.97 Å². The number of anilines is 1. The molecule has 3 aromatic carbocycles. The zero-order chi connectivity index (χ0) is 17.5. The second kappa shape index (κ2) is 9.49. The molecule has 4 nitrogen and oxygen atoms in total. The van der Waals surface area contributed by atoms with Gasteiger partial charge in [0, 0.05) is 0 Å². The molecule has 0 radical (unpaired) electrons. The molecule has 0 bridgehead atoms. The zero-order valence-electron chi connectivity index (χ0n) is 14.1. The number of nitrogens with two attached hydrogens (primary N) is 1. The molecule has 2 N–H and O–H groups in total. The zero-order valence-corrected chi connectivity index (χ0v) is 14.9. The lowest BCUT2D eigenvalue weighted by molar-refractivity contribution is 0.0472. The van der Waals surface area contributed by atoms with E-state index in [1.807, 2.05) is 60.7 Å². The SMILES string of the molecule is Cl.Nc1ccc(C(=O)OCc2ccccc2)cc1OCc1ccccc1. The summed E-state index contributed by atoms with van der Waals surface area (Å²) in [5, 5.41) is 0. The monoisotopic (exact) mass is 369 g/mol. The summed E-state index contributed by atoms with van der Waals surface area (Å²) in [5.41, 5.74) is 8.80. The summed E-state index contributed by atoms with van der Waals surface area (Å²) < 4.78 is 11.1. The molecule has 0 aromatic heterocycles. The number of ether oxygens (including phenoxy) is 2. The number of hydrogen-bond acceptors (Lipinski definition) is 4. The molecular weight excluding hydrogens is 350 g/mol. The molecule has 26 heavy (non-hydrogen) atoms. The molecule has 0 aliphatic carbocycles. The average molecular weight is 370 g/mol. The second-order valence-corrected chi connectivity index (χ2v) is 5.59. The number of rotatable bonds is 6. The summed E-state index contributed by atoms with van der Waals surface area (Å²) in [4.78, 5) is 12.2. The van der Waals surface area contributed by atoms with Crippen molar-refractivity contribution in [2.75, 3.05) is 5.73 Å². The first-order valence-electron chi connectivity index (χ1n) is 7.99. The lowest BCUT2D eigenvalue weighted by Gasteiger charge is -2.11. The highest BCUT2D eigenvalue weighted by Crippen LogP contribution is 2.24. The predicted octanol–water partition coefficient (Wildman–Crippen LogP) is 4.63. The molecular formula is C21H20ClNO3. The maximum Gasteiger partial charge on any atom is 0.338 e. The van der Waals surface area contributed by atoms with Crippen molar-refractivity contribution in [3.8, 4) is 5.75 Å². The molecule has 0 heterocycles. The van der Waals surface area contributed by atoms with Gasteiger partial charge in [0.05, 0.1) is 11.3 Å². The van der Waals surface area contributed by atoms with E-state index in [2.05, 4.69) is 0 Å². The molecule has 0 fully saturated rings. The molecule has 134 valence electrons. The van der Waals surface area contributed by atoms with E-state index in [-0.39, 0.29) is 19.0 Å². The topological polar surface area (TPSA) is 61.6 Å². The Morgan fingerprint density at radius 3 is 2.00 bits per heavy atom. The summed E-state index contributed by atoms with van der Waals surface area (Å²) in [6, 6.07) is 24.2. The standard InChI is InChI=1S/C21H19NO3.ClH/c22-19-12-11-18(21(23)25-15-17-9-5-2-6-10-17)13-20(19)24-14-16-7-3-1-4-8-16;/h1-13H,14-15,22H2;1H. The van der Waals surface area contributed by atoms with Crippen LogP contribution in [0.3, 0.4) is 0 Å². The minimum Gasteiger partial charge on any atom is -0.487 e. The van der Waals surface area contributed by atoms with Crippen molar-refractivity contribution >= 4 is 24.1 Å². The van der Waals surface area contributed by atoms with Crippen LogP contribution in [0.5, 0.6) is 5.75 Å². The Bertz CT molecular complexity index is 838. The van der Waals surface area contributed by atoms with Gasteiger partial charge in [-0.2, -0.15) is 0 Å². The minimum atomic E-state index is -0.409. The van der Waals surface area contributed by atoms with Gasteiger partial charge in [0.2, 0.25) is 0 Å². The van der Waals surface area contributed by atoms with Crippen molar-refractivity contribution in [3.05, 3.63) is 95.6 Å². The smallest absolute Gasteiger partial charge is 0.338 e. The van der Waals surface area contributed by atoms with Gasteiger partial charge in [0.1, 0.15) is 19.0 Å². The molecule has 0 saturated carbocycles. The Labute approximate surface area is 159 Å². The first kappa shape index (κ1) is 19.3. The Balaban J connectivity index is 0.00000243. The maximum absolute atomic E-state index is 12.2. The van der Waals surface area contributed by atoms with Crippen LogP contribution < -0.4 is 10.5 Å². The van der Waals surface area contributed by atoms with Crippen molar-refractivity contribution in [1.29, 1.82) is 0 Å². The molecule has 3 rings (SSSR count). The summed E-state index contributed by atoms with van der Waals surface area (Å²) >= 11 is 0. The van der Waals surface area contributed by atoms with E-state index < -0.39 is 5.97 Å². The molecule has 3 aromatic rings. The van der Waals surface area contributed by atoms with Crippen LogP contribution >= 0.6 is 12.4 Å². The molecule has 0 atom stereocenters. The van der Waals surface area contributed by atoms with Crippen molar-refractivity contribution in [3.63, 3.8) is 0 Å². The van der Waals surface area contributed by atoms with E-state index >= 15 is 0 Å². The maximum atomic E-state index is 12.2. The molecule has 5 heteroatoms. The number of halogens is 1. The van der Waals surface area contributed by atoms with E-state index in [0.29, 0.717) is 23.6 Å². The highest BCUT2D eigenvalue weighted by atomic mass is 35.5. The third kappa shape index (κ3) is 5.26. The minimum absolute atomic E-state index is 0. The van der Waals surface area contributed by atoms with Gasteiger partial charge in [-0.05, 0) is 29.3 Å². The Morgan fingerprint density at radius 2 is 1.38 bits per heavy atom.